The molecule has 0 aliphatic carbocycles. The quantitative estimate of drug-likeness (QED) is 0.861. The Morgan fingerprint density at radius 1 is 1.21 bits per heavy atom. The van der Waals surface area contributed by atoms with Crippen LogP contribution in [0.15, 0.2) is 36.7 Å². The lowest BCUT2D eigenvalue weighted by atomic mass is 9.72. The molecule has 7 heteroatoms. The van der Waals surface area contributed by atoms with Gasteiger partial charge in [-0.15, -0.1) is 0 Å². The summed E-state index contributed by atoms with van der Waals surface area (Å²) in [5.41, 5.74) is 3.09. The summed E-state index contributed by atoms with van der Waals surface area (Å²) in [7, 11) is 3.51. The second kappa shape index (κ2) is 7.46. The van der Waals surface area contributed by atoms with Crippen molar-refractivity contribution >= 4 is 17.6 Å². The summed E-state index contributed by atoms with van der Waals surface area (Å²) in [6.45, 7) is 1.93. The van der Waals surface area contributed by atoms with E-state index in [0.29, 0.717) is 11.3 Å². The van der Waals surface area contributed by atoms with Crippen molar-refractivity contribution in [3.63, 3.8) is 0 Å². The molecule has 2 saturated heterocycles. The number of aromatic nitrogens is 1. The van der Waals surface area contributed by atoms with Gasteiger partial charge in [0.15, 0.2) is 0 Å². The Bertz CT molecular complexity index is 960. The molecule has 2 aliphatic heterocycles. The maximum absolute atomic E-state index is 13.6. The lowest BCUT2D eigenvalue weighted by Gasteiger charge is -2.55. The SMILES string of the molecule is Cc1ccc(NC(=O)N2C3CCC(C(=O)N(C)C)[C@@H]2C3)cc1-c1cncc(F)c1. The first kappa shape index (κ1) is 19.4. The first-order valence-corrected chi connectivity index (χ1v) is 9.87. The fourth-order valence-corrected chi connectivity index (χ4v) is 4.51. The van der Waals surface area contributed by atoms with E-state index in [1.54, 1.807) is 25.2 Å². The van der Waals surface area contributed by atoms with E-state index in [9.17, 15) is 14.0 Å². The predicted octanol–water partition coefficient (Wildman–Crippen LogP) is 3.67. The molecule has 3 atom stereocenters. The second-order valence-electron chi connectivity index (χ2n) is 8.13. The van der Waals surface area contributed by atoms with Crippen LogP contribution in [0.4, 0.5) is 14.9 Å². The summed E-state index contributed by atoms with van der Waals surface area (Å²) >= 11 is 0. The Morgan fingerprint density at radius 3 is 2.69 bits per heavy atom. The fraction of sp³-hybridized carbons (Fsp3) is 0.409. The van der Waals surface area contributed by atoms with Crippen LogP contribution >= 0.6 is 0 Å². The van der Waals surface area contributed by atoms with Crippen LogP contribution in [0.5, 0.6) is 0 Å². The van der Waals surface area contributed by atoms with Crippen molar-refractivity contribution in [2.45, 2.75) is 38.3 Å². The summed E-state index contributed by atoms with van der Waals surface area (Å²) in [6.07, 6.45) is 5.33. The summed E-state index contributed by atoms with van der Waals surface area (Å²) < 4.78 is 13.6. The van der Waals surface area contributed by atoms with Crippen LogP contribution in [0.1, 0.15) is 24.8 Å². The standard InChI is InChI=1S/C22H25FN4O2/c1-13-4-5-16(9-19(13)14-8-15(23)12-24-11-14)25-22(29)27-17-6-7-18(20(27)10-17)21(28)26(2)3/h4-5,8-9,11-12,17-18,20H,6-7,10H2,1-3H3,(H,25,29)/t17?,18?,20-/m0/s1. The Hall–Kier alpha value is -2.96. The first-order chi connectivity index (χ1) is 13.8. The summed E-state index contributed by atoms with van der Waals surface area (Å²) in [5, 5.41) is 2.96. The third-order valence-corrected chi connectivity index (χ3v) is 6.04. The number of urea groups is 1. The minimum atomic E-state index is -0.402. The monoisotopic (exact) mass is 396 g/mol. The molecule has 2 unspecified atom stereocenters. The van der Waals surface area contributed by atoms with Gasteiger partial charge in [-0.05, 0) is 55.5 Å². The fourth-order valence-electron chi connectivity index (χ4n) is 4.51. The number of hydrogen-bond acceptors (Lipinski definition) is 3. The van der Waals surface area contributed by atoms with Gasteiger partial charge in [0.1, 0.15) is 5.82 Å². The molecule has 1 aromatic heterocycles. The smallest absolute Gasteiger partial charge is 0.322 e. The lowest BCUT2D eigenvalue weighted by Crippen LogP contribution is -2.67. The van der Waals surface area contributed by atoms with E-state index in [1.165, 1.54) is 12.3 Å². The molecule has 1 aromatic carbocycles. The average Bonchev–Trinajstić information content (AvgIpc) is 2.68. The van der Waals surface area contributed by atoms with E-state index in [-0.39, 0.29) is 29.9 Å². The number of piperidine rings is 1. The van der Waals surface area contributed by atoms with E-state index in [2.05, 4.69) is 10.3 Å². The second-order valence-corrected chi connectivity index (χ2v) is 8.13. The van der Waals surface area contributed by atoms with Crippen LogP contribution in [-0.2, 0) is 4.79 Å². The van der Waals surface area contributed by atoms with Gasteiger partial charge in [-0.2, -0.15) is 0 Å². The third-order valence-electron chi connectivity index (χ3n) is 6.04. The number of carbonyl (C=O) groups excluding carboxylic acids is 2. The number of hydrogen-bond donors (Lipinski definition) is 1. The van der Waals surface area contributed by atoms with Gasteiger partial charge in [-0.3, -0.25) is 9.78 Å². The minimum absolute atomic E-state index is 0.0408. The maximum atomic E-state index is 13.6. The number of halogens is 1. The van der Waals surface area contributed by atoms with Crippen LogP contribution in [0.25, 0.3) is 11.1 Å². The zero-order valence-electron chi connectivity index (χ0n) is 16.9. The molecule has 152 valence electrons. The molecule has 29 heavy (non-hydrogen) atoms. The van der Waals surface area contributed by atoms with Crippen molar-refractivity contribution in [1.29, 1.82) is 0 Å². The van der Waals surface area contributed by atoms with Crippen molar-refractivity contribution < 1.29 is 14.0 Å². The van der Waals surface area contributed by atoms with Crippen LogP contribution in [0.2, 0.25) is 0 Å². The molecule has 4 rings (SSSR count). The van der Waals surface area contributed by atoms with Crippen LogP contribution < -0.4 is 5.32 Å². The Kier molecular flexibility index (Phi) is 4.98. The number of amides is 3. The number of fused-ring (bicyclic) bond motifs is 2. The van der Waals surface area contributed by atoms with Crippen molar-refractivity contribution in [2.75, 3.05) is 19.4 Å². The van der Waals surface area contributed by atoms with Gasteiger partial charge in [0.25, 0.3) is 0 Å². The number of anilines is 1. The normalized spacial score (nSPS) is 22.6. The molecule has 6 nitrogen and oxygen atoms in total. The van der Waals surface area contributed by atoms with E-state index in [4.69, 9.17) is 0 Å². The average molecular weight is 396 g/mol. The molecular formula is C22H25FN4O2. The van der Waals surface area contributed by atoms with Crippen molar-refractivity contribution in [3.05, 3.63) is 48.0 Å². The van der Waals surface area contributed by atoms with Gasteiger partial charge < -0.3 is 15.1 Å². The van der Waals surface area contributed by atoms with E-state index in [0.717, 1.165) is 30.4 Å². The van der Waals surface area contributed by atoms with Gasteiger partial charge in [-0.1, -0.05) is 6.07 Å². The summed E-state index contributed by atoms with van der Waals surface area (Å²) in [6, 6.07) is 6.96. The number of benzene rings is 1. The minimum Gasteiger partial charge on any atom is -0.349 e. The molecule has 0 spiro atoms. The molecule has 3 amide bonds. The summed E-state index contributed by atoms with van der Waals surface area (Å²) in [5.74, 6) is -0.448. The molecule has 2 fully saturated rings. The van der Waals surface area contributed by atoms with Gasteiger partial charge >= 0.3 is 6.03 Å². The van der Waals surface area contributed by atoms with Crippen molar-refractivity contribution in [3.8, 4) is 11.1 Å². The van der Waals surface area contributed by atoms with Crippen LogP contribution in [0, 0.1) is 18.7 Å². The van der Waals surface area contributed by atoms with Gasteiger partial charge in [0.2, 0.25) is 5.91 Å². The number of aryl methyl sites for hydroxylation is 1. The van der Waals surface area contributed by atoms with Gasteiger partial charge in [0, 0.05) is 43.6 Å². The van der Waals surface area contributed by atoms with Gasteiger partial charge in [-0.25, -0.2) is 9.18 Å². The van der Waals surface area contributed by atoms with Gasteiger partial charge in [0.05, 0.1) is 12.1 Å². The van der Waals surface area contributed by atoms with Crippen molar-refractivity contribution in [2.24, 2.45) is 5.92 Å². The predicted molar refractivity (Wildman–Crippen MR) is 109 cm³/mol. The van der Waals surface area contributed by atoms with E-state index in [1.807, 2.05) is 30.0 Å². The molecule has 0 saturated carbocycles. The van der Waals surface area contributed by atoms with E-state index < -0.39 is 5.82 Å². The number of nitrogens with zero attached hydrogens (tertiary/aromatic N) is 3. The highest BCUT2D eigenvalue weighted by Crippen LogP contribution is 2.43. The number of pyridine rings is 1. The molecule has 2 aromatic rings. The Labute approximate surface area is 169 Å². The largest absolute Gasteiger partial charge is 0.349 e. The third kappa shape index (κ3) is 3.57. The van der Waals surface area contributed by atoms with Crippen molar-refractivity contribution in [1.82, 2.24) is 14.8 Å². The molecule has 3 heterocycles. The lowest BCUT2D eigenvalue weighted by molar-refractivity contribution is -0.142. The topological polar surface area (TPSA) is 65.5 Å². The first-order valence-electron chi connectivity index (χ1n) is 9.87. The Balaban J connectivity index is 1.52. The highest BCUT2D eigenvalue weighted by Gasteiger charge is 2.52. The molecule has 0 radical (unpaired) electrons. The van der Waals surface area contributed by atoms with E-state index >= 15 is 0 Å². The molecular weight excluding hydrogens is 371 g/mol. The molecule has 1 N–H and O–H groups in total. The maximum Gasteiger partial charge on any atom is 0.322 e. The highest BCUT2D eigenvalue weighted by molar-refractivity contribution is 5.92. The van der Waals surface area contributed by atoms with Crippen LogP contribution in [-0.4, -0.2) is 52.9 Å². The Morgan fingerprint density at radius 2 is 2.00 bits per heavy atom. The number of carbonyl (C=O) groups is 2. The molecule has 2 bridgehead atoms. The van der Waals surface area contributed by atoms with Crippen LogP contribution in [0.3, 0.4) is 0 Å². The number of nitrogens with one attached hydrogen (secondary N) is 1. The highest BCUT2D eigenvalue weighted by atomic mass is 19.1. The zero-order chi connectivity index (χ0) is 20.7. The number of rotatable bonds is 3. The zero-order valence-corrected chi connectivity index (χ0v) is 16.9. The summed E-state index contributed by atoms with van der Waals surface area (Å²) in [4.78, 5) is 32.7. The molecule has 2 aliphatic rings.